The maximum Gasteiger partial charge on any atom is 0.228 e. The molecule has 0 aromatic rings. The van der Waals surface area contributed by atoms with Gasteiger partial charge in [-0.3, -0.25) is 10.2 Å². The molecule has 2 saturated heterocycles. The van der Waals surface area contributed by atoms with Crippen LogP contribution in [0.3, 0.4) is 0 Å². The first-order valence-corrected chi connectivity index (χ1v) is 13.1. The van der Waals surface area contributed by atoms with E-state index in [1.54, 1.807) is 0 Å². The van der Waals surface area contributed by atoms with Crippen molar-refractivity contribution in [2.75, 3.05) is 33.2 Å². The minimum atomic E-state index is -0.0293. The molecule has 3 aliphatic carbocycles. The molecular formula is C26H44N4O. The van der Waals surface area contributed by atoms with Crippen molar-refractivity contribution in [3.8, 4) is 0 Å². The van der Waals surface area contributed by atoms with Crippen LogP contribution in [0, 0.1) is 29.1 Å². The van der Waals surface area contributed by atoms with E-state index >= 15 is 0 Å². The monoisotopic (exact) mass is 428 g/mol. The number of hydrazine groups is 1. The lowest BCUT2D eigenvalue weighted by atomic mass is 9.66. The second kappa shape index (κ2) is 8.37. The predicted octanol–water partition coefficient (Wildman–Crippen LogP) is 3.87. The lowest BCUT2D eigenvalue weighted by Crippen LogP contribution is -2.50. The van der Waals surface area contributed by atoms with E-state index in [1.807, 2.05) is 0 Å². The average molecular weight is 429 g/mol. The molecule has 0 radical (unpaired) electrons. The van der Waals surface area contributed by atoms with E-state index in [4.69, 9.17) is 0 Å². The lowest BCUT2D eigenvalue weighted by Gasteiger charge is -2.43. The zero-order chi connectivity index (χ0) is 21.8. The van der Waals surface area contributed by atoms with E-state index in [1.165, 1.54) is 50.6 Å². The van der Waals surface area contributed by atoms with Crippen LogP contribution in [-0.4, -0.2) is 66.0 Å². The zero-order valence-corrected chi connectivity index (χ0v) is 20.1. The molecule has 1 N–H and O–H groups in total. The molecule has 4 unspecified atom stereocenters. The standard InChI is InChI=1S/C26H44N4O/c1-18-23-17-22(9-10-24(23)28(4)27-18)21-7-5-20(6-8-21)19(2)29-13-15-30(16-14-29)25(31)26(3)11-12-26/h18,20-24,27H,2,5-17H2,1,3-4H3. The summed E-state index contributed by atoms with van der Waals surface area (Å²) in [5.74, 6) is 3.76. The van der Waals surface area contributed by atoms with Gasteiger partial charge in [0.1, 0.15) is 0 Å². The van der Waals surface area contributed by atoms with Crippen LogP contribution in [0.1, 0.15) is 71.6 Å². The van der Waals surface area contributed by atoms with Crippen LogP contribution in [-0.2, 0) is 4.79 Å². The summed E-state index contributed by atoms with van der Waals surface area (Å²) in [6.07, 6.45) is 11.8. The summed E-state index contributed by atoms with van der Waals surface area (Å²) in [6.45, 7) is 12.8. The number of carbonyl (C=O) groups is 1. The van der Waals surface area contributed by atoms with Gasteiger partial charge in [-0.1, -0.05) is 13.5 Å². The first-order valence-electron chi connectivity index (χ1n) is 13.1. The fraction of sp³-hybridized carbons (Fsp3) is 0.885. The van der Waals surface area contributed by atoms with Crippen molar-refractivity contribution in [2.24, 2.45) is 29.1 Å². The topological polar surface area (TPSA) is 38.8 Å². The number of nitrogens with zero attached hydrogens (tertiary/aromatic N) is 3. The average Bonchev–Trinajstić information content (AvgIpc) is 3.49. The molecule has 0 aromatic carbocycles. The van der Waals surface area contributed by atoms with Gasteiger partial charge in [0.05, 0.1) is 0 Å². The molecule has 2 aliphatic heterocycles. The van der Waals surface area contributed by atoms with Gasteiger partial charge in [-0.2, -0.15) is 0 Å². The SMILES string of the molecule is C=C(C1CCC(C2CCC3C(C2)C(C)NN3C)CC1)N1CCN(C(=O)C2(C)CC2)CC1. The molecular weight excluding hydrogens is 384 g/mol. The number of carbonyl (C=O) groups excluding carboxylic acids is 1. The number of hydrogen-bond acceptors (Lipinski definition) is 4. The minimum absolute atomic E-state index is 0.0293. The quantitative estimate of drug-likeness (QED) is 0.738. The van der Waals surface area contributed by atoms with Crippen molar-refractivity contribution in [2.45, 2.75) is 83.7 Å². The smallest absolute Gasteiger partial charge is 0.228 e. The molecule has 0 bridgehead atoms. The fourth-order valence-electron chi connectivity index (χ4n) is 7.34. The van der Waals surface area contributed by atoms with Crippen molar-refractivity contribution in [1.29, 1.82) is 0 Å². The summed E-state index contributed by atoms with van der Waals surface area (Å²) in [6, 6.07) is 1.40. The summed E-state index contributed by atoms with van der Waals surface area (Å²) in [5, 5.41) is 2.39. The molecule has 5 heteroatoms. The Hall–Kier alpha value is -1.07. The van der Waals surface area contributed by atoms with E-state index in [0.717, 1.165) is 62.8 Å². The van der Waals surface area contributed by atoms with Gasteiger partial charge in [0, 0.05) is 56.4 Å². The Morgan fingerprint density at radius 2 is 1.55 bits per heavy atom. The summed E-state index contributed by atoms with van der Waals surface area (Å²) in [4.78, 5) is 17.2. The molecule has 174 valence electrons. The number of amides is 1. The Kier molecular flexibility index (Phi) is 5.87. The van der Waals surface area contributed by atoms with Crippen molar-refractivity contribution >= 4 is 5.91 Å². The first kappa shape index (κ1) is 21.8. The van der Waals surface area contributed by atoms with E-state index in [9.17, 15) is 4.79 Å². The van der Waals surface area contributed by atoms with Gasteiger partial charge in [0.15, 0.2) is 0 Å². The van der Waals surface area contributed by atoms with Crippen molar-refractivity contribution in [3.63, 3.8) is 0 Å². The van der Waals surface area contributed by atoms with Crippen LogP contribution in [0.25, 0.3) is 0 Å². The van der Waals surface area contributed by atoms with E-state index in [2.05, 4.69) is 47.7 Å². The van der Waals surface area contributed by atoms with Crippen LogP contribution in [0.4, 0.5) is 0 Å². The van der Waals surface area contributed by atoms with Gasteiger partial charge < -0.3 is 9.80 Å². The Morgan fingerprint density at radius 1 is 0.935 bits per heavy atom. The zero-order valence-electron chi connectivity index (χ0n) is 20.1. The van der Waals surface area contributed by atoms with E-state index < -0.39 is 0 Å². The minimum Gasteiger partial charge on any atom is -0.372 e. The number of fused-ring (bicyclic) bond motifs is 1. The maximum absolute atomic E-state index is 12.6. The highest BCUT2D eigenvalue weighted by Crippen LogP contribution is 2.47. The molecule has 5 fully saturated rings. The largest absolute Gasteiger partial charge is 0.372 e. The molecule has 4 atom stereocenters. The number of allylic oxidation sites excluding steroid dienone is 1. The third kappa shape index (κ3) is 4.17. The molecule has 3 saturated carbocycles. The molecule has 2 heterocycles. The van der Waals surface area contributed by atoms with Crippen LogP contribution in [0.5, 0.6) is 0 Å². The molecule has 5 rings (SSSR count). The molecule has 5 nitrogen and oxygen atoms in total. The summed E-state index contributed by atoms with van der Waals surface area (Å²) in [5.41, 5.74) is 4.99. The highest BCUT2D eigenvalue weighted by atomic mass is 16.2. The number of rotatable bonds is 4. The van der Waals surface area contributed by atoms with Crippen LogP contribution in [0.15, 0.2) is 12.3 Å². The molecule has 1 amide bonds. The van der Waals surface area contributed by atoms with Crippen LogP contribution in [0.2, 0.25) is 0 Å². The van der Waals surface area contributed by atoms with Crippen molar-refractivity contribution < 1.29 is 4.79 Å². The molecule has 0 aromatic heterocycles. The van der Waals surface area contributed by atoms with E-state index in [-0.39, 0.29) is 5.41 Å². The van der Waals surface area contributed by atoms with Crippen molar-refractivity contribution in [1.82, 2.24) is 20.2 Å². The third-order valence-electron chi connectivity index (χ3n) is 9.85. The van der Waals surface area contributed by atoms with E-state index in [0.29, 0.717) is 17.9 Å². The molecule has 5 aliphatic rings. The highest BCUT2D eigenvalue weighted by Gasteiger charge is 2.47. The number of nitrogens with one attached hydrogen (secondary N) is 1. The third-order valence-corrected chi connectivity index (χ3v) is 9.85. The Balaban J connectivity index is 1.08. The Labute approximate surface area is 189 Å². The molecule has 0 spiro atoms. The number of hydrogen-bond donors (Lipinski definition) is 1. The normalized spacial score (nSPS) is 40.5. The predicted molar refractivity (Wildman–Crippen MR) is 125 cm³/mol. The van der Waals surface area contributed by atoms with Gasteiger partial charge in [-0.05, 0) is 88.4 Å². The second-order valence-corrected chi connectivity index (χ2v) is 11.8. The van der Waals surface area contributed by atoms with Gasteiger partial charge in [0.2, 0.25) is 5.91 Å². The van der Waals surface area contributed by atoms with Gasteiger partial charge >= 0.3 is 0 Å². The van der Waals surface area contributed by atoms with Crippen LogP contribution < -0.4 is 5.43 Å². The summed E-state index contributed by atoms with van der Waals surface area (Å²) >= 11 is 0. The van der Waals surface area contributed by atoms with Crippen molar-refractivity contribution in [3.05, 3.63) is 12.3 Å². The highest BCUT2D eigenvalue weighted by molar-refractivity contribution is 5.85. The van der Waals surface area contributed by atoms with Gasteiger partial charge in [0.25, 0.3) is 0 Å². The maximum atomic E-state index is 12.6. The Morgan fingerprint density at radius 3 is 2.19 bits per heavy atom. The second-order valence-electron chi connectivity index (χ2n) is 11.8. The Bertz CT molecular complexity index is 688. The molecule has 31 heavy (non-hydrogen) atoms. The van der Waals surface area contributed by atoms with Gasteiger partial charge in [-0.15, -0.1) is 0 Å². The summed E-state index contributed by atoms with van der Waals surface area (Å²) in [7, 11) is 2.24. The lowest BCUT2D eigenvalue weighted by molar-refractivity contribution is -0.138. The van der Waals surface area contributed by atoms with Gasteiger partial charge in [-0.25, -0.2) is 5.01 Å². The first-order chi connectivity index (χ1) is 14.9. The number of piperazine rings is 1. The fourth-order valence-corrected chi connectivity index (χ4v) is 7.34. The van der Waals surface area contributed by atoms with Crippen LogP contribution >= 0.6 is 0 Å². The summed E-state index contributed by atoms with van der Waals surface area (Å²) < 4.78 is 0.